The molecular formula is C23H30N2O2. The molecule has 27 heavy (non-hydrogen) atoms. The van der Waals surface area contributed by atoms with Crippen LogP contribution in [0.25, 0.3) is 0 Å². The average molecular weight is 367 g/mol. The van der Waals surface area contributed by atoms with Crippen LogP contribution in [0.5, 0.6) is 0 Å². The molecule has 0 aromatic heterocycles. The monoisotopic (exact) mass is 366 g/mol. The fraction of sp³-hybridized carbons (Fsp3) is 0.435. The van der Waals surface area contributed by atoms with E-state index in [4.69, 9.17) is 4.74 Å². The van der Waals surface area contributed by atoms with Gasteiger partial charge in [-0.2, -0.15) is 0 Å². The van der Waals surface area contributed by atoms with Crippen LogP contribution in [0, 0.1) is 6.92 Å². The van der Waals surface area contributed by atoms with E-state index in [0.717, 1.165) is 30.8 Å². The van der Waals surface area contributed by atoms with Crippen LogP contribution in [0.2, 0.25) is 0 Å². The van der Waals surface area contributed by atoms with Crippen molar-refractivity contribution in [2.75, 3.05) is 38.3 Å². The van der Waals surface area contributed by atoms with Gasteiger partial charge in [0.25, 0.3) is 0 Å². The molecule has 3 rings (SSSR count). The van der Waals surface area contributed by atoms with Crippen LogP contribution in [-0.4, -0.2) is 44.7 Å². The van der Waals surface area contributed by atoms with Crippen LogP contribution >= 0.6 is 0 Å². The number of Topliss-reactive ketones (excluding diaryl/α,β-unsaturated/α-hetero) is 1. The molecule has 2 aromatic rings. The van der Waals surface area contributed by atoms with E-state index in [1.54, 1.807) is 0 Å². The number of carbonyl (C=O) groups excluding carboxylic acids is 1. The first-order valence-electron chi connectivity index (χ1n) is 9.80. The molecule has 1 N–H and O–H groups in total. The van der Waals surface area contributed by atoms with Gasteiger partial charge in [0.1, 0.15) is 0 Å². The Morgan fingerprint density at radius 1 is 1.11 bits per heavy atom. The molecule has 1 heterocycles. The predicted molar refractivity (Wildman–Crippen MR) is 111 cm³/mol. The number of carbonyl (C=O) groups is 1. The van der Waals surface area contributed by atoms with Gasteiger partial charge in [0.15, 0.2) is 5.78 Å². The third-order valence-corrected chi connectivity index (χ3v) is 5.64. The molecule has 1 saturated heterocycles. The lowest BCUT2D eigenvalue weighted by Gasteiger charge is -2.35. The number of aryl methyl sites for hydroxylation is 1. The largest absolute Gasteiger partial charge is 0.378 e. The molecule has 2 aromatic carbocycles. The van der Waals surface area contributed by atoms with E-state index < -0.39 is 5.54 Å². The topological polar surface area (TPSA) is 41.6 Å². The van der Waals surface area contributed by atoms with Crippen LogP contribution in [-0.2, 0) is 11.2 Å². The number of rotatable bonds is 7. The number of benzene rings is 2. The van der Waals surface area contributed by atoms with E-state index in [2.05, 4.69) is 54.4 Å². The van der Waals surface area contributed by atoms with E-state index in [9.17, 15) is 4.79 Å². The molecular weight excluding hydrogens is 336 g/mol. The first kappa shape index (κ1) is 19.6. The third-order valence-electron chi connectivity index (χ3n) is 5.64. The summed E-state index contributed by atoms with van der Waals surface area (Å²) in [5.74, 6) is 0.162. The molecule has 4 nitrogen and oxygen atoms in total. The summed E-state index contributed by atoms with van der Waals surface area (Å²) in [7, 11) is 1.90. The van der Waals surface area contributed by atoms with E-state index in [0.29, 0.717) is 19.6 Å². The van der Waals surface area contributed by atoms with Crippen molar-refractivity contribution < 1.29 is 9.53 Å². The van der Waals surface area contributed by atoms with Gasteiger partial charge in [0.2, 0.25) is 0 Å². The van der Waals surface area contributed by atoms with Crippen molar-refractivity contribution in [1.82, 2.24) is 5.32 Å². The molecule has 0 bridgehead atoms. The van der Waals surface area contributed by atoms with Crippen molar-refractivity contribution in [3.8, 4) is 0 Å². The fourth-order valence-corrected chi connectivity index (χ4v) is 3.80. The lowest BCUT2D eigenvalue weighted by atomic mass is 9.80. The minimum atomic E-state index is -0.613. The Morgan fingerprint density at radius 2 is 1.78 bits per heavy atom. The van der Waals surface area contributed by atoms with E-state index in [-0.39, 0.29) is 5.78 Å². The van der Waals surface area contributed by atoms with E-state index in [1.807, 2.05) is 25.2 Å². The number of nitrogens with one attached hydrogen (secondary N) is 1. The van der Waals surface area contributed by atoms with Crippen molar-refractivity contribution in [3.05, 3.63) is 65.2 Å². The third kappa shape index (κ3) is 4.23. The van der Waals surface area contributed by atoms with Gasteiger partial charge in [-0.25, -0.2) is 0 Å². The number of hydrogen-bond donors (Lipinski definition) is 1. The Morgan fingerprint density at radius 3 is 2.41 bits per heavy atom. The SMILES string of the molecule is CCC(Cc1ccc(C)cc1)(NC)C(=O)c1ccccc1N1CCOCC1. The predicted octanol–water partition coefficient (Wildman–Crippen LogP) is 3.63. The van der Waals surface area contributed by atoms with Crippen molar-refractivity contribution >= 4 is 11.5 Å². The maximum atomic E-state index is 13.7. The van der Waals surface area contributed by atoms with Gasteiger partial charge in [-0.3, -0.25) is 4.79 Å². The highest BCUT2D eigenvalue weighted by molar-refractivity contribution is 6.07. The van der Waals surface area contributed by atoms with Gasteiger partial charge in [-0.1, -0.05) is 48.9 Å². The Labute approximate surface area is 162 Å². The second-order valence-corrected chi connectivity index (χ2v) is 7.29. The number of nitrogens with zero attached hydrogens (tertiary/aromatic N) is 1. The minimum absolute atomic E-state index is 0.162. The van der Waals surface area contributed by atoms with Gasteiger partial charge in [0.05, 0.1) is 18.8 Å². The van der Waals surface area contributed by atoms with Crippen molar-refractivity contribution in [3.63, 3.8) is 0 Å². The highest BCUT2D eigenvalue weighted by Gasteiger charge is 2.37. The fourth-order valence-electron chi connectivity index (χ4n) is 3.80. The number of para-hydroxylation sites is 1. The molecule has 1 unspecified atom stereocenters. The van der Waals surface area contributed by atoms with E-state index >= 15 is 0 Å². The highest BCUT2D eigenvalue weighted by atomic mass is 16.5. The van der Waals surface area contributed by atoms with Crippen molar-refractivity contribution in [2.24, 2.45) is 0 Å². The van der Waals surface area contributed by atoms with Crippen LogP contribution in [0.3, 0.4) is 0 Å². The number of hydrogen-bond acceptors (Lipinski definition) is 4. The van der Waals surface area contributed by atoms with Gasteiger partial charge < -0.3 is 15.0 Å². The maximum Gasteiger partial charge on any atom is 0.185 e. The van der Waals surface area contributed by atoms with Crippen LogP contribution in [0.4, 0.5) is 5.69 Å². The van der Waals surface area contributed by atoms with Gasteiger partial charge in [0, 0.05) is 24.3 Å². The Kier molecular flexibility index (Phi) is 6.30. The zero-order valence-corrected chi connectivity index (χ0v) is 16.6. The zero-order valence-electron chi connectivity index (χ0n) is 16.6. The number of morpholine rings is 1. The molecule has 1 aliphatic heterocycles. The molecule has 0 amide bonds. The van der Waals surface area contributed by atoms with Crippen molar-refractivity contribution in [2.45, 2.75) is 32.2 Å². The Balaban J connectivity index is 1.94. The summed E-state index contributed by atoms with van der Waals surface area (Å²) >= 11 is 0. The van der Waals surface area contributed by atoms with Gasteiger partial charge >= 0.3 is 0 Å². The number of ether oxygens (including phenoxy) is 1. The Bertz CT molecular complexity index is 760. The summed E-state index contributed by atoms with van der Waals surface area (Å²) < 4.78 is 5.48. The molecule has 0 spiro atoms. The van der Waals surface area contributed by atoms with E-state index in [1.165, 1.54) is 11.1 Å². The summed E-state index contributed by atoms with van der Waals surface area (Å²) in [5.41, 5.74) is 3.60. The number of ketones is 1. The molecule has 0 aliphatic carbocycles. The molecule has 1 aliphatic rings. The lowest BCUT2D eigenvalue weighted by Crippen LogP contribution is -2.52. The molecule has 4 heteroatoms. The van der Waals surface area contributed by atoms with Gasteiger partial charge in [-0.15, -0.1) is 0 Å². The average Bonchev–Trinajstić information content (AvgIpc) is 2.74. The zero-order chi connectivity index (χ0) is 19.3. The van der Waals surface area contributed by atoms with Crippen LogP contribution < -0.4 is 10.2 Å². The quantitative estimate of drug-likeness (QED) is 0.760. The summed E-state index contributed by atoms with van der Waals surface area (Å²) in [6, 6.07) is 16.4. The normalized spacial score (nSPS) is 16.8. The molecule has 0 saturated carbocycles. The molecule has 144 valence electrons. The number of anilines is 1. The summed E-state index contributed by atoms with van der Waals surface area (Å²) in [4.78, 5) is 16.0. The minimum Gasteiger partial charge on any atom is -0.378 e. The van der Waals surface area contributed by atoms with Crippen molar-refractivity contribution in [1.29, 1.82) is 0 Å². The number of likely N-dealkylation sites (N-methyl/N-ethyl adjacent to an activating group) is 1. The highest BCUT2D eigenvalue weighted by Crippen LogP contribution is 2.29. The standard InChI is InChI=1S/C23H30N2O2/c1-4-23(24-3,17-19-11-9-18(2)10-12-19)22(26)20-7-5-6-8-21(20)25-13-15-27-16-14-25/h5-12,24H,4,13-17H2,1-3H3. The lowest BCUT2D eigenvalue weighted by molar-refractivity contribution is 0.0850. The smallest absolute Gasteiger partial charge is 0.185 e. The second-order valence-electron chi connectivity index (χ2n) is 7.29. The first-order valence-corrected chi connectivity index (χ1v) is 9.80. The van der Waals surface area contributed by atoms with Crippen LogP contribution in [0.1, 0.15) is 34.8 Å². The second kappa shape index (κ2) is 8.68. The molecule has 1 fully saturated rings. The van der Waals surface area contributed by atoms with Crippen LogP contribution in [0.15, 0.2) is 48.5 Å². The summed E-state index contributed by atoms with van der Waals surface area (Å²) in [5, 5.41) is 3.36. The Hall–Kier alpha value is -2.17. The summed E-state index contributed by atoms with van der Waals surface area (Å²) in [6.45, 7) is 7.22. The first-order chi connectivity index (χ1) is 13.1. The maximum absolute atomic E-state index is 13.7. The molecule has 0 radical (unpaired) electrons. The van der Waals surface area contributed by atoms with Gasteiger partial charge in [-0.05, 0) is 44.5 Å². The molecule has 1 atom stereocenters. The summed E-state index contributed by atoms with van der Waals surface area (Å²) in [6.07, 6.45) is 1.41.